The Kier molecular flexibility index (Phi) is 12.1. The quantitative estimate of drug-likeness (QED) is 0.470. The molecule has 0 saturated carbocycles. The Labute approximate surface area is 84.8 Å². The van der Waals surface area contributed by atoms with Crippen molar-refractivity contribution in [3.63, 3.8) is 0 Å². The Bertz CT molecular complexity index is 32.9. The predicted molar refractivity (Wildman–Crippen MR) is 33.9 cm³/mol. The Hall–Kier alpha value is 1.49. The number of hydrogen-bond donors (Lipinski definition) is 2. The molecule has 42 valence electrons. The molecule has 0 aliphatic carbocycles. The first-order chi connectivity index (χ1) is 2.77. The molecule has 0 bridgehead atoms. The van der Waals surface area contributed by atoms with Gasteiger partial charge in [-0.05, 0) is 13.5 Å². The second-order valence-corrected chi connectivity index (χ2v) is 1.23. The van der Waals surface area contributed by atoms with Gasteiger partial charge in [-0.15, -0.1) is 0 Å². The first-order valence-corrected chi connectivity index (χ1v) is 2.18. The molecule has 0 radical (unpaired) electrons. The minimum absolute atomic E-state index is 0. The van der Waals surface area contributed by atoms with Crippen LogP contribution in [0.25, 0.3) is 0 Å². The molecule has 0 aromatic carbocycles. The maximum atomic E-state index is 8.44. The Balaban J connectivity index is 0. The van der Waals surface area contributed by atoms with Crippen LogP contribution >= 0.6 is 0 Å². The van der Waals surface area contributed by atoms with Gasteiger partial charge in [-0.3, -0.25) is 5.32 Å². The van der Waals surface area contributed by atoms with Crippen molar-refractivity contribution in [2.75, 3.05) is 6.54 Å². The molecule has 2 N–H and O–H groups in total. The molecule has 0 amide bonds. The standard InChI is InChI=1S/C4H11NO.Ba.2H/c1-3-5-4(2)6;;;/h4-6H,3H2,1-2H3;;;. The van der Waals surface area contributed by atoms with Gasteiger partial charge >= 0.3 is 48.9 Å². The van der Waals surface area contributed by atoms with E-state index in [1.165, 1.54) is 0 Å². The molecular formula is C4H13BaNO. The molecular weight excluding hydrogens is 215 g/mol. The molecule has 0 saturated heterocycles. The first kappa shape index (κ1) is 11.3. The fourth-order valence-electron chi connectivity index (χ4n) is 0.295. The molecule has 1 unspecified atom stereocenters. The average molecular weight is 228 g/mol. The normalized spacial score (nSPS) is 12.4. The van der Waals surface area contributed by atoms with Crippen LogP contribution in [0.15, 0.2) is 0 Å². The van der Waals surface area contributed by atoms with Crippen LogP contribution in [0.5, 0.6) is 0 Å². The molecule has 7 heavy (non-hydrogen) atoms. The van der Waals surface area contributed by atoms with Crippen molar-refractivity contribution in [3.8, 4) is 0 Å². The van der Waals surface area contributed by atoms with Crippen molar-refractivity contribution in [3.05, 3.63) is 0 Å². The van der Waals surface area contributed by atoms with Crippen molar-refractivity contribution >= 4 is 48.9 Å². The van der Waals surface area contributed by atoms with Crippen LogP contribution < -0.4 is 5.32 Å². The van der Waals surface area contributed by atoms with E-state index in [9.17, 15) is 0 Å². The summed E-state index contributed by atoms with van der Waals surface area (Å²) in [5.41, 5.74) is 0. The van der Waals surface area contributed by atoms with Gasteiger partial charge in [-0.2, -0.15) is 0 Å². The van der Waals surface area contributed by atoms with Gasteiger partial charge in [-0.25, -0.2) is 0 Å². The summed E-state index contributed by atoms with van der Waals surface area (Å²) < 4.78 is 0. The average Bonchev–Trinajstić information content (AvgIpc) is 1.35. The van der Waals surface area contributed by atoms with Crippen molar-refractivity contribution < 1.29 is 5.11 Å². The second kappa shape index (κ2) is 7.49. The van der Waals surface area contributed by atoms with E-state index in [2.05, 4.69) is 5.32 Å². The van der Waals surface area contributed by atoms with Crippen LogP contribution in [-0.4, -0.2) is 66.8 Å². The molecule has 0 rings (SSSR count). The Morgan fingerprint density at radius 2 is 2.14 bits per heavy atom. The van der Waals surface area contributed by atoms with E-state index in [1.54, 1.807) is 6.92 Å². The summed E-state index contributed by atoms with van der Waals surface area (Å²) in [5, 5.41) is 11.2. The van der Waals surface area contributed by atoms with Crippen LogP contribution in [0.3, 0.4) is 0 Å². The zero-order valence-corrected chi connectivity index (χ0v) is 4.23. The number of aliphatic hydroxyl groups is 1. The van der Waals surface area contributed by atoms with Gasteiger partial charge in [0.05, 0.1) is 0 Å². The summed E-state index contributed by atoms with van der Waals surface area (Å²) >= 11 is 0. The van der Waals surface area contributed by atoms with Crippen molar-refractivity contribution in [2.45, 2.75) is 20.1 Å². The van der Waals surface area contributed by atoms with E-state index in [1.807, 2.05) is 6.92 Å². The fraction of sp³-hybridized carbons (Fsp3) is 1.00. The summed E-state index contributed by atoms with van der Waals surface area (Å²) in [6.07, 6.45) is -0.352. The van der Waals surface area contributed by atoms with Crippen LogP contribution in [0.2, 0.25) is 0 Å². The van der Waals surface area contributed by atoms with Gasteiger partial charge in [0.15, 0.2) is 0 Å². The molecule has 0 fully saturated rings. The summed E-state index contributed by atoms with van der Waals surface area (Å²) in [7, 11) is 0. The number of nitrogens with one attached hydrogen (secondary N) is 1. The van der Waals surface area contributed by atoms with Gasteiger partial charge in [-0.1, -0.05) is 6.92 Å². The number of rotatable bonds is 2. The molecule has 3 heteroatoms. The summed E-state index contributed by atoms with van der Waals surface area (Å²) in [5.74, 6) is 0. The third-order valence-electron chi connectivity index (χ3n) is 0.500. The zero-order valence-electron chi connectivity index (χ0n) is 4.23. The SMILES string of the molecule is CCNC(C)O.[BaH2]. The van der Waals surface area contributed by atoms with E-state index < -0.39 is 0 Å². The molecule has 0 aromatic rings. The van der Waals surface area contributed by atoms with Crippen molar-refractivity contribution in [1.82, 2.24) is 5.32 Å². The van der Waals surface area contributed by atoms with Crippen molar-refractivity contribution in [1.29, 1.82) is 0 Å². The second-order valence-electron chi connectivity index (χ2n) is 1.23. The molecule has 0 aromatic heterocycles. The molecule has 2 nitrogen and oxygen atoms in total. The van der Waals surface area contributed by atoms with Crippen LogP contribution in [-0.2, 0) is 0 Å². The van der Waals surface area contributed by atoms with E-state index >= 15 is 0 Å². The molecule has 0 spiro atoms. The van der Waals surface area contributed by atoms with E-state index in [0.717, 1.165) is 6.54 Å². The molecule has 0 heterocycles. The van der Waals surface area contributed by atoms with Gasteiger partial charge < -0.3 is 5.11 Å². The molecule has 0 aliphatic rings. The van der Waals surface area contributed by atoms with E-state index in [4.69, 9.17) is 5.11 Å². The van der Waals surface area contributed by atoms with E-state index in [0.29, 0.717) is 0 Å². The Morgan fingerprint density at radius 3 is 2.14 bits per heavy atom. The van der Waals surface area contributed by atoms with E-state index in [-0.39, 0.29) is 55.1 Å². The summed E-state index contributed by atoms with van der Waals surface area (Å²) in [6.45, 7) is 4.48. The zero-order chi connectivity index (χ0) is 4.99. The monoisotopic (exact) mass is 229 g/mol. The Morgan fingerprint density at radius 1 is 1.71 bits per heavy atom. The number of aliphatic hydroxyl groups excluding tert-OH is 1. The first-order valence-electron chi connectivity index (χ1n) is 2.18. The van der Waals surface area contributed by atoms with Crippen molar-refractivity contribution in [2.24, 2.45) is 0 Å². The van der Waals surface area contributed by atoms with Crippen LogP contribution in [0.1, 0.15) is 13.8 Å². The van der Waals surface area contributed by atoms with Crippen LogP contribution in [0, 0.1) is 0 Å². The van der Waals surface area contributed by atoms with Crippen LogP contribution in [0.4, 0.5) is 0 Å². The maximum absolute atomic E-state index is 8.44. The third kappa shape index (κ3) is 11.2. The summed E-state index contributed by atoms with van der Waals surface area (Å²) in [4.78, 5) is 0. The topological polar surface area (TPSA) is 32.3 Å². The predicted octanol–water partition coefficient (Wildman–Crippen LogP) is -0.982. The molecule has 1 atom stereocenters. The van der Waals surface area contributed by atoms with Gasteiger partial charge in [0.2, 0.25) is 0 Å². The summed E-state index contributed by atoms with van der Waals surface area (Å²) in [6, 6.07) is 0. The fourth-order valence-corrected chi connectivity index (χ4v) is 0.295. The van der Waals surface area contributed by atoms with Gasteiger partial charge in [0.1, 0.15) is 6.23 Å². The van der Waals surface area contributed by atoms with Gasteiger partial charge in [0.25, 0.3) is 0 Å². The third-order valence-corrected chi connectivity index (χ3v) is 0.500. The van der Waals surface area contributed by atoms with Gasteiger partial charge in [0, 0.05) is 0 Å². The molecule has 0 aliphatic heterocycles. The minimum atomic E-state index is -0.352. The number of hydrogen-bond acceptors (Lipinski definition) is 2.